The molecular weight excluding hydrogens is 214 g/mol. The number of methoxy groups -OCH3 is 1. The Morgan fingerprint density at radius 3 is 2.53 bits per heavy atom. The molecule has 1 unspecified atom stereocenters. The molecule has 15 heavy (non-hydrogen) atoms. The molecule has 92 valence electrons. The van der Waals surface area contributed by atoms with E-state index in [0.717, 1.165) is 13.1 Å². The van der Waals surface area contributed by atoms with Crippen molar-refractivity contribution in [1.29, 1.82) is 0 Å². The maximum absolute atomic E-state index is 11.6. The third kappa shape index (κ3) is 6.87. The van der Waals surface area contributed by atoms with Gasteiger partial charge in [0, 0.05) is 13.7 Å². The summed E-state index contributed by atoms with van der Waals surface area (Å²) < 4.78 is 28.1. The fourth-order valence-corrected chi connectivity index (χ4v) is 2.61. The van der Waals surface area contributed by atoms with Crippen molar-refractivity contribution in [2.45, 2.75) is 31.9 Å². The van der Waals surface area contributed by atoms with Crippen LogP contribution in [0.1, 0.15) is 26.7 Å². The van der Waals surface area contributed by atoms with Crippen molar-refractivity contribution < 1.29 is 13.2 Å². The average Bonchev–Trinajstić information content (AvgIpc) is 2.22. The first-order valence-corrected chi connectivity index (χ1v) is 7.17. The molecule has 0 amide bonds. The van der Waals surface area contributed by atoms with Gasteiger partial charge < -0.3 is 10.1 Å². The van der Waals surface area contributed by atoms with E-state index in [9.17, 15) is 8.42 Å². The first kappa shape index (κ1) is 14.9. The number of ether oxygens (including phenoxy) is 1. The Hall–Kier alpha value is -0.130. The number of hydrogen-bond donors (Lipinski definition) is 1. The number of rotatable bonds is 9. The second-order valence-electron chi connectivity index (χ2n) is 3.68. The van der Waals surface area contributed by atoms with Gasteiger partial charge in [0.15, 0.2) is 9.84 Å². The quantitative estimate of drug-likeness (QED) is 0.603. The van der Waals surface area contributed by atoms with Gasteiger partial charge in [-0.3, -0.25) is 0 Å². The van der Waals surface area contributed by atoms with Gasteiger partial charge in [-0.25, -0.2) is 8.42 Å². The Kier molecular flexibility index (Phi) is 8.00. The largest absolute Gasteiger partial charge is 0.383 e. The van der Waals surface area contributed by atoms with Gasteiger partial charge in [-0.2, -0.15) is 0 Å². The maximum atomic E-state index is 11.6. The summed E-state index contributed by atoms with van der Waals surface area (Å²) in [5.74, 6) is 0.280. The average molecular weight is 237 g/mol. The van der Waals surface area contributed by atoms with Gasteiger partial charge in [-0.15, -0.1) is 0 Å². The van der Waals surface area contributed by atoms with Crippen LogP contribution in [0, 0.1) is 0 Å². The molecule has 0 aliphatic carbocycles. The molecule has 0 fully saturated rings. The zero-order valence-electron chi connectivity index (χ0n) is 9.95. The van der Waals surface area contributed by atoms with Crippen molar-refractivity contribution in [3.05, 3.63) is 0 Å². The Morgan fingerprint density at radius 2 is 2.00 bits per heavy atom. The molecule has 0 aliphatic rings. The van der Waals surface area contributed by atoms with E-state index in [-0.39, 0.29) is 11.0 Å². The van der Waals surface area contributed by atoms with Crippen LogP contribution in [-0.2, 0) is 14.6 Å². The Balaban J connectivity index is 3.58. The molecule has 0 aliphatic heterocycles. The van der Waals surface area contributed by atoms with Crippen LogP contribution in [0.4, 0.5) is 0 Å². The van der Waals surface area contributed by atoms with E-state index in [1.807, 2.05) is 6.92 Å². The summed E-state index contributed by atoms with van der Waals surface area (Å²) in [6.07, 6.45) is 1.37. The minimum absolute atomic E-state index is 0.212. The summed E-state index contributed by atoms with van der Waals surface area (Å²) >= 11 is 0. The summed E-state index contributed by atoms with van der Waals surface area (Å²) in [5, 5.41) is 2.91. The molecule has 5 heteroatoms. The molecule has 0 aromatic carbocycles. The van der Waals surface area contributed by atoms with Crippen LogP contribution in [0.3, 0.4) is 0 Å². The normalized spacial score (nSPS) is 14.1. The van der Waals surface area contributed by atoms with E-state index in [0.29, 0.717) is 19.4 Å². The second-order valence-corrected chi connectivity index (χ2v) is 6.22. The first-order chi connectivity index (χ1) is 7.04. The Labute approximate surface area is 93.3 Å². The zero-order chi connectivity index (χ0) is 11.7. The summed E-state index contributed by atoms with van der Waals surface area (Å²) in [6.45, 7) is 5.85. The smallest absolute Gasteiger partial charge is 0.152 e. The third-order valence-electron chi connectivity index (χ3n) is 2.45. The van der Waals surface area contributed by atoms with Crippen LogP contribution in [-0.4, -0.2) is 46.2 Å². The summed E-state index contributed by atoms with van der Waals surface area (Å²) in [6, 6.07) is 0. The van der Waals surface area contributed by atoms with E-state index < -0.39 is 9.84 Å². The third-order valence-corrected chi connectivity index (χ3v) is 4.87. The molecule has 4 nitrogen and oxygen atoms in total. The minimum Gasteiger partial charge on any atom is -0.383 e. The van der Waals surface area contributed by atoms with Crippen LogP contribution < -0.4 is 5.32 Å². The molecule has 0 heterocycles. The lowest BCUT2D eigenvalue weighted by Gasteiger charge is -2.10. The SMILES string of the molecule is CCC(C)S(=O)(=O)CCCNCCOC. The van der Waals surface area contributed by atoms with Crippen LogP contribution in [0.2, 0.25) is 0 Å². The highest BCUT2D eigenvalue weighted by Gasteiger charge is 2.17. The van der Waals surface area contributed by atoms with Crippen LogP contribution in [0.5, 0.6) is 0 Å². The fourth-order valence-electron chi connectivity index (χ4n) is 1.15. The van der Waals surface area contributed by atoms with Crippen LogP contribution in [0.15, 0.2) is 0 Å². The standard InChI is InChI=1S/C10H23NO3S/c1-4-10(2)15(12,13)9-5-6-11-7-8-14-3/h10-11H,4-9H2,1-3H3. The highest BCUT2D eigenvalue weighted by molar-refractivity contribution is 7.91. The van der Waals surface area contributed by atoms with Gasteiger partial charge in [-0.1, -0.05) is 6.92 Å². The molecule has 1 atom stereocenters. The van der Waals surface area contributed by atoms with Crippen molar-refractivity contribution in [2.24, 2.45) is 0 Å². The van der Waals surface area contributed by atoms with Crippen molar-refractivity contribution in [1.82, 2.24) is 5.32 Å². The van der Waals surface area contributed by atoms with E-state index in [1.54, 1.807) is 14.0 Å². The lowest BCUT2D eigenvalue weighted by atomic mass is 10.4. The van der Waals surface area contributed by atoms with E-state index in [2.05, 4.69) is 5.32 Å². The van der Waals surface area contributed by atoms with Crippen molar-refractivity contribution >= 4 is 9.84 Å². The molecule has 0 aromatic rings. The topological polar surface area (TPSA) is 55.4 Å². The van der Waals surface area contributed by atoms with Crippen molar-refractivity contribution in [3.8, 4) is 0 Å². The monoisotopic (exact) mass is 237 g/mol. The summed E-state index contributed by atoms with van der Waals surface area (Å²) in [4.78, 5) is 0. The number of sulfone groups is 1. The Bertz CT molecular complexity index is 239. The summed E-state index contributed by atoms with van der Waals surface area (Å²) in [7, 11) is -1.23. The number of hydrogen-bond acceptors (Lipinski definition) is 4. The molecule has 0 aromatic heterocycles. The van der Waals surface area contributed by atoms with Crippen molar-refractivity contribution in [3.63, 3.8) is 0 Å². The second kappa shape index (κ2) is 8.07. The van der Waals surface area contributed by atoms with Crippen molar-refractivity contribution in [2.75, 3.05) is 32.6 Å². The fraction of sp³-hybridized carbons (Fsp3) is 1.00. The van der Waals surface area contributed by atoms with Crippen LogP contribution in [0.25, 0.3) is 0 Å². The molecule has 0 saturated heterocycles. The first-order valence-electron chi connectivity index (χ1n) is 5.45. The van der Waals surface area contributed by atoms with Gasteiger partial charge in [0.1, 0.15) is 0 Å². The molecule has 1 N–H and O–H groups in total. The van der Waals surface area contributed by atoms with E-state index in [1.165, 1.54) is 0 Å². The molecule has 0 saturated carbocycles. The maximum Gasteiger partial charge on any atom is 0.152 e. The zero-order valence-corrected chi connectivity index (χ0v) is 10.8. The van der Waals surface area contributed by atoms with Gasteiger partial charge in [0.05, 0.1) is 17.6 Å². The van der Waals surface area contributed by atoms with Gasteiger partial charge >= 0.3 is 0 Å². The van der Waals surface area contributed by atoms with Gasteiger partial charge in [-0.05, 0) is 26.3 Å². The molecule has 0 rings (SSSR count). The number of nitrogens with one attached hydrogen (secondary N) is 1. The molecule has 0 radical (unpaired) electrons. The molecular formula is C10H23NO3S. The Morgan fingerprint density at radius 1 is 1.33 bits per heavy atom. The van der Waals surface area contributed by atoms with Gasteiger partial charge in [0.2, 0.25) is 0 Å². The highest BCUT2D eigenvalue weighted by atomic mass is 32.2. The van der Waals surface area contributed by atoms with Crippen LogP contribution >= 0.6 is 0 Å². The highest BCUT2D eigenvalue weighted by Crippen LogP contribution is 2.06. The van der Waals surface area contributed by atoms with Gasteiger partial charge in [0.25, 0.3) is 0 Å². The molecule has 0 bridgehead atoms. The molecule has 0 spiro atoms. The lowest BCUT2D eigenvalue weighted by molar-refractivity contribution is 0.199. The summed E-state index contributed by atoms with van der Waals surface area (Å²) in [5.41, 5.74) is 0. The van der Waals surface area contributed by atoms with E-state index >= 15 is 0 Å². The predicted molar refractivity (Wildman–Crippen MR) is 62.9 cm³/mol. The predicted octanol–water partition coefficient (Wildman–Crippen LogP) is 0.826. The minimum atomic E-state index is -2.87. The lowest BCUT2D eigenvalue weighted by Crippen LogP contribution is -2.25. The van der Waals surface area contributed by atoms with E-state index in [4.69, 9.17) is 4.74 Å².